The number of halogens is 2. The van der Waals surface area contributed by atoms with Crippen molar-refractivity contribution in [1.82, 2.24) is 0 Å². The van der Waals surface area contributed by atoms with E-state index in [0.717, 1.165) is 12.8 Å². The molecule has 2 nitrogen and oxygen atoms in total. The third-order valence-electron chi connectivity index (χ3n) is 2.16. The highest BCUT2D eigenvalue weighted by Crippen LogP contribution is 2.30. The first-order valence-electron chi connectivity index (χ1n) is 4.46. The van der Waals surface area contributed by atoms with Gasteiger partial charge in [-0.2, -0.15) is 0 Å². The maximum atomic E-state index is 13.0. The molecular formula is C10H10ClFN2. The zero-order valence-electron chi connectivity index (χ0n) is 7.50. The Balaban J connectivity index is 2.24. The zero-order chi connectivity index (χ0) is 10.1. The summed E-state index contributed by atoms with van der Waals surface area (Å²) in [6.07, 6.45) is 2.18. The SMILES string of the molecule is NC(=Nc1ccc(Cl)c(F)c1)C1CC1. The molecule has 0 aromatic heterocycles. The molecule has 0 heterocycles. The second kappa shape index (κ2) is 3.58. The van der Waals surface area contributed by atoms with Gasteiger partial charge in [0.15, 0.2) is 0 Å². The van der Waals surface area contributed by atoms with E-state index in [1.165, 1.54) is 12.1 Å². The minimum atomic E-state index is -0.462. The van der Waals surface area contributed by atoms with Crippen molar-refractivity contribution in [2.24, 2.45) is 16.6 Å². The predicted octanol–water partition coefficient (Wildman–Crippen LogP) is 2.88. The summed E-state index contributed by atoms with van der Waals surface area (Å²) < 4.78 is 13.0. The van der Waals surface area contributed by atoms with E-state index in [1.54, 1.807) is 6.07 Å². The molecule has 1 aromatic rings. The molecule has 0 amide bonds. The summed E-state index contributed by atoms with van der Waals surface area (Å²) in [7, 11) is 0. The van der Waals surface area contributed by atoms with Crippen molar-refractivity contribution in [3.63, 3.8) is 0 Å². The minimum absolute atomic E-state index is 0.106. The lowest BCUT2D eigenvalue weighted by Crippen LogP contribution is -2.12. The molecule has 1 aliphatic carbocycles. The molecule has 0 atom stereocenters. The lowest BCUT2D eigenvalue weighted by Gasteiger charge is -1.99. The number of hydrogen-bond donors (Lipinski definition) is 1. The van der Waals surface area contributed by atoms with Gasteiger partial charge in [-0.25, -0.2) is 9.38 Å². The number of nitrogens with two attached hydrogens (primary N) is 1. The molecule has 0 aliphatic heterocycles. The Labute approximate surface area is 86.6 Å². The van der Waals surface area contributed by atoms with E-state index < -0.39 is 5.82 Å². The summed E-state index contributed by atoms with van der Waals surface area (Å²) in [6, 6.07) is 4.42. The van der Waals surface area contributed by atoms with Gasteiger partial charge in [0.25, 0.3) is 0 Å². The first-order valence-corrected chi connectivity index (χ1v) is 4.84. The van der Waals surface area contributed by atoms with Crippen LogP contribution in [0.3, 0.4) is 0 Å². The Bertz CT molecular complexity index is 386. The molecule has 1 aromatic carbocycles. The average Bonchev–Trinajstić information content (AvgIpc) is 2.94. The molecule has 2 rings (SSSR count). The largest absolute Gasteiger partial charge is 0.387 e. The van der Waals surface area contributed by atoms with Crippen molar-refractivity contribution in [3.05, 3.63) is 29.0 Å². The van der Waals surface area contributed by atoms with Crippen LogP contribution >= 0.6 is 11.6 Å². The topological polar surface area (TPSA) is 38.4 Å². The number of amidine groups is 1. The van der Waals surface area contributed by atoms with Gasteiger partial charge in [-0.1, -0.05) is 11.6 Å². The van der Waals surface area contributed by atoms with Crippen LogP contribution < -0.4 is 5.73 Å². The molecule has 0 unspecified atom stereocenters. The Kier molecular flexibility index (Phi) is 2.42. The van der Waals surface area contributed by atoms with Gasteiger partial charge in [0, 0.05) is 12.0 Å². The molecule has 14 heavy (non-hydrogen) atoms. The molecule has 4 heteroatoms. The third kappa shape index (κ3) is 2.04. The van der Waals surface area contributed by atoms with Crippen LogP contribution in [0.25, 0.3) is 0 Å². The monoisotopic (exact) mass is 212 g/mol. The van der Waals surface area contributed by atoms with Gasteiger partial charge in [-0.3, -0.25) is 0 Å². The van der Waals surface area contributed by atoms with Crippen LogP contribution in [0.15, 0.2) is 23.2 Å². The minimum Gasteiger partial charge on any atom is -0.387 e. The van der Waals surface area contributed by atoms with Gasteiger partial charge >= 0.3 is 0 Å². The van der Waals surface area contributed by atoms with E-state index in [0.29, 0.717) is 17.4 Å². The quantitative estimate of drug-likeness (QED) is 0.594. The molecule has 0 saturated heterocycles. The van der Waals surface area contributed by atoms with E-state index in [1.807, 2.05) is 0 Å². The van der Waals surface area contributed by atoms with Crippen LogP contribution in [-0.4, -0.2) is 5.84 Å². The fourth-order valence-electron chi connectivity index (χ4n) is 1.17. The molecule has 1 fully saturated rings. The van der Waals surface area contributed by atoms with Crippen LogP contribution in [0.2, 0.25) is 5.02 Å². The normalized spacial score (nSPS) is 17.1. The average molecular weight is 213 g/mol. The highest BCUT2D eigenvalue weighted by Gasteiger charge is 2.25. The summed E-state index contributed by atoms with van der Waals surface area (Å²) >= 11 is 5.54. The van der Waals surface area contributed by atoms with Gasteiger partial charge in [0.1, 0.15) is 11.7 Å². The van der Waals surface area contributed by atoms with Gasteiger partial charge in [0.05, 0.1) is 10.7 Å². The fraction of sp³-hybridized carbons (Fsp3) is 0.300. The summed E-state index contributed by atoms with van der Waals surface area (Å²) in [5.74, 6) is 0.525. The molecular weight excluding hydrogens is 203 g/mol. The summed E-state index contributed by atoms with van der Waals surface area (Å²) in [5, 5.41) is 0.106. The van der Waals surface area contributed by atoms with Gasteiger partial charge in [-0.05, 0) is 25.0 Å². The summed E-state index contributed by atoms with van der Waals surface area (Å²) in [6.45, 7) is 0. The summed E-state index contributed by atoms with van der Waals surface area (Å²) in [5.41, 5.74) is 6.22. The first-order chi connectivity index (χ1) is 6.66. The lowest BCUT2D eigenvalue weighted by atomic mass is 10.3. The third-order valence-corrected chi connectivity index (χ3v) is 2.46. The van der Waals surface area contributed by atoms with Crippen molar-refractivity contribution >= 4 is 23.1 Å². The van der Waals surface area contributed by atoms with Gasteiger partial charge in [-0.15, -0.1) is 0 Å². The van der Waals surface area contributed by atoms with Crippen molar-refractivity contribution in [2.75, 3.05) is 0 Å². The van der Waals surface area contributed by atoms with Gasteiger partial charge in [0.2, 0.25) is 0 Å². The number of nitrogens with zero attached hydrogens (tertiary/aromatic N) is 1. The van der Waals surface area contributed by atoms with Crippen molar-refractivity contribution in [2.45, 2.75) is 12.8 Å². The molecule has 1 aliphatic rings. The van der Waals surface area contributed by atoms with Gasteiger partial charge < -0.3 is 5.73 Å². The van der Waals surface area contributed by atoms with Crippen molar-refractivity contribution < 1.29 is 4.39 Å². The molecule has 0 bridgehead atoms. The van der Waals surface area contributed by atoms with Crippen LogP contribution in [0.1, 0.15) is 12.8 Å². The molecule has 2 N–H and O–H groups in total. The number of hydrogen-bond acceptors (Lipinski definition) is 1. The van der Waals surface area contributed by atoms with E-state index in [-0.39, 0.29) is 5.02 Å². The second-order valence-electron chi connectivity index (χ2n) is 3.41. The van der Waals surface area contributed by atoms with Crippen molar-refractivity contribution in [1.29, 1.82) is 0 Å². The fourth-order valence-corrected chi connectivity index (χ4v) is 1.29. The molecule has 0 radical (unpaired) electrons. The van der Waals surface area contributed by atoms with Crippen LogP contribution in [0.5, 0.6) is 0 Å². The lowest BCUT2D eigenvalue weighted by molar-refractivity contribution is 0.628. The molecule has 0 spiro atoms. The van der Waals surface area contributed by atoms with Crippen LogP contribution in [0, 0.1) is 11.7 Å². The maximum absolute atomic E-state index is 13.0. The Hall–Kier alpha value is -1.09. The van der Waals surface area contributed by atoms with Crippen LogP contribution in [0.4, 0.5) is 10.1 Å². The van der Waals surface area contributed by atoms with E-state index in [4.69, 9.17) is 17.3 Å². The maximum Gasteiger partial charge on any atom is 0.143 e. The smallest absolute Gasteiger partial charge is 0.143 e. The highest BCUT2D eigenvalue weighted by atomic mass is 35.5. The Morgan fingerprint density at radius 1 is 1.50 bits per heavy atom. The predicted molar refractivity (Wildman–Crippen MR) is 55.4 cm³/mol. The second-order valence-corrected chi connectivity index (χ2v) is 3.82. The zero-order valence-corrected chi connectivity index (χ0v) is 8.26. The standard InChI is InChI=1S/C10H10ClFN2/c11-8-4-3-7(5-9(8)12)14-10(13)6-1-2-6/h3-6H,1-2H2,(H2,13,14). The Morgan fingerprint density at radius 2 is 2.21 bits per heavy atom. The summed E-state index contributed by atoms with van der Waals surface area (Å²) in [4.78, 5) is 4.12. The number of rotatable bonds is 2. The highest BCUT2D eigenvalue weighted by molar-refractivity contribution is 6.30. The van der Waals surface area contributed by atoms with Crippen molar-refractivity contribution in [3.8, 4) is 0 Å². The Morgan fingerprint density at radius 3 is 2.79 bits per heavy atom. The molecule has 74 valence electrons. The van der Waals surface area contributed by atoms with E-state index in [9.17, 15) is 4.39 Å². The number of aliphatic imine (C=N–C) groups is 1. The van der Waals surface area contributed by atoms with E-state index in [2.05, 4.69) is 4.99 Å². The molecule has 1 saturated carbocycles. The first kappa shape index (κ1) is 9.46. The number of benzene rings is 1. The van der Waals surface area contributed by atoms with Crippen LogP contribution in [-0.2, 0) is 0 Å². The van der Waals surface area contributed by atoms with E-state index >= 15 is 0 Å².